The Bertz CT molecular complexity index is 1710. The summed E-state index contributed by atoms with van der Waals surface area (Å²) >= 11 is 0. The number of halogens is 1. The van der Waals surface area contributed by atoms with Gasteiger partial charge in [-0.3, -0.25) is 9.59 Å². The van der Waals surface area contributed by atoms with Crippen LogP contribution < -0.4 is 16.6 Å². The number of esters is 1. The fraction of sp³-hybridized carbons (Fsp3) is 0.407. The largest absolute Gasteiger partial charge is 0.458 e. The van der Waals surface area contributed by atoms with Gasteiger partial charge in [-0.05, 0) is 48.9 Å². The van der Waals surface area contributed by atoms with Crippen molar-refractivity contribution in [3.63, 3.8) is 0 Å². The van der Waals surface area contributed by atoms with Crippen LogP contribution in [0.5, 0.6) is 0 Å². The molecule has 198 valence electrons. The van der Waals surface area contributed by atoms with E-state index in [0.29, 0.717) is 51.8 Å². The molecule has 2 aromatic heterocycles. The van der Waals surface area contributed by atoms with Gasteiger partial charge >= 0.3 is 5.97 Å². The van der Waals surface area contributed by atoms with E-state index in [2.05, 4.69) is 5.32 Å². The average molecular weight is 525 g/mol. The van der Waals surface area contributed by atoms with Crippen LogP contribution >= 0.6 is 0 Å². The molecule has 0 spiro atoms. The maximum absolute atomic E-state index is 15.0. The van der Waals surface area contributed by atoms with E-state index in [1.54, 1.807) is 19.9 Å². The maximum Gasteiger partial charge on any atom is 0.343 e. The van der Waals surface area contributed by atoms with Crippen LogP contribution in [0.1, 0.15) is 61.9 Å². The number of rotatable bonds is 5. The highest BCUT2D eigenvalue weighted by Gasteiger charge is 2.46. The van der Waals surface area contributed by atoms with Crippen molar-refractivity contribution in [2.24, 2.45) is 5.73 Å². The number of aryl methyl sites for hydroxylation is 1. The number of fused-ring (bicyclic) bond motifs is 5. The summed E-state index contributed by atoms with van der Waals surface area (Å²) in [4.78, 5) is 43.8. The highest BCUT2D eigenvalue weighted by molar-refractivity contribution is 5.94. The molecule has 38 heavy (non-hydrogen) atoms. The predicted molar refractivity (Wildman–Crippen MR) is 133 cm³/mol. The molecule has 0 saturated heterocycles. The molecule has 0 radical (unpaired) electrons. The van der Waals surface area contributed by atoms with E-state index in [9.17, 15) is 19.5 Å². The molecule has 0 unspecified atom stereocenters. The summed E-state index contributed by atoms with van der Waals surface area (Å²) in [5, 5.41) is 14.5. The van der Waals surface area contributed by atoms with Crippen LogP contribution in [0.15, 0.2) is 16.9 Å². The third-order valence-electron chi connectivity index (χ3n) is 7.93. The van der Waals surface area contributed by atoms with E-state index in [1.165, 1.54) is 10.6 Å². The molecule has 10 nitrogen and oxygen atoms in total. The normalized spacial score (nSPS) is 22.2. The number of benzene rings is 1. The second-order valence-corrected chi connectivity index (χ2v) is 9.79. The van der Waals surface area contributed by atoms with Gasteiger partial charge in [-0.1, -0.05) is 6.92 Å². The van der Waals surface area contributed by atoms with Gasteiger partial charge in [-0.2, -0.15) is 0 Å². The van der Waals surface area contributed by atoms with E-state index in [-0.39, 0.29) is 30.7 Å². The molecular formula is C27H27FN4O6. The molecule has 6 rings (SSSR count). The Labute approximate surface area is 219 Å². The summed E-state index contributed by atoms with van der Waals surface area (Å²) < 4.78 is 42.3. The zero-order valence-electron chi connectivity index (χ0n) is 22.8. The van der Waals surface area contributed by atoms with Gasteiger partial charge in [0, 0.05) is 22.6 Å². The average Bonchev–Trinajstić information content (AvgIpc) is 3.28. The van der Waals surface area contributed by atoms with E-state index in [4.69, 9.17) is 22.9 Å². The lowest BCUT2D eigenvalue weighted by Crippen LogP contribution is -2.44. The summed E-state index contributed by atoms with van der Waals surface area (Å²) in [7, 11) is 0. The molecule has 3 aliphatic rings. The molecule has 0 saturated carbocycles. The zero-order chi connectivity index (χ0) is 28.7. The van der Waals surface area contributed by atoms with Gasteiger partial charge in [-0.15, -0.1) is 0 Å². The Morgan fingerprint density at radius 3 is 2.92 bits per heavy atom. The van der Waals surface area contributed by atoms with Crippen LogP contribution in [-0.2, 0) is 44.2 Å². The first-order chi connectivity index (χ1) is 18.9. The van der Waals surface area contributed by atoms with Gasteiger partial charge in [0.15, 0.2) is 5.60 Å². The number of ether oxygens (including phenoxy) is 2. The molecule has 0 bridgehead atoms. The van der Waals surface area contributed by atoms with Gasteiger partial charge in [0.25, 0.3) is 5.56 Å². The van der Waals surface area contributed by atoms with E-state index < -0.39 is 48.2 Å². The van der Waals surface area contributed by atoms with E-state index in [0.717, 1.165) is 5.56 Å². The lowest BCUT2D eigenvalue weighted by Gasteiger charge is -2.31. The Kier molecular flexibility index (Phi) is 5.10. The number of amides is 1. The van der Waals surface area contributed by atoms with Gasteiger partial charge < -0.3 is 30.2 Å². The van der Waals surface area contributed by atoms with Crippen molar-refractivity contribution in [3.8, 4) is 11.4 Å². The number of aromatic nitrogens is 2. The number of carbonyl (C=O) groups excluding carboxylic acids is 2. The second-order valence-electron chi connectivity index (χ2n) is 9.79. The summed E-state index contributed by atoms with van der Waals surface area (Å²) in [6.07, 6.45) is 0.732. The molecule has 0 fully saturated rings. The van der Waals surface area contributed by atoms with Crippen LogP contribution in [0.2, 0.25) is 0 Å². The highest BCUT2D eigenvalue weighted by atomic mass is 19.1. The number of hydrogen-bond donors (Lipinski definition) is 3. The highest BCUT2D eigenvalue weighted by Crippen LogP contribution is 2.45. The molecule has 11 heteroatoms. The molecule has 1 aliphatic carbocycles. The SMILES string of the molecule is [2H]C([2H])(OCN)C(=O)N[C@H]1CCc2c(C)c(F)cc3nc4c(c1c23)Cn1c-4cc2c(c1=O)COC(=O)[C@]2(O)CC. The molecule has 4 heterocycles. The lowest BCUT2D eigenvalue weighted by atomic mass is 9.81. The first kappa shape index (κ1) is 22.3. The number of nitrogens with one attached hydrogen (secondary N) is 1. The Balaban J connectivity index is 1.60. The molecule has 3 aromatic rings. The molecule has 1 aromatic carbocycles. The quantitative estimate of drug-likeness (QED) is 0.263. The van der Waals surface area contributed by atoms with Crippen molar-refractivity contribution < 1.29 is 31.3 Å². The maximum atomic E-state index is 15.0. The van der Waals surface area contributed by atoms with Crippen LogP contribution in [0.3, 0.4) is 0 Å². The second kappa shape index (κ2) is 8.69. The first-order valence-corrected chi connectivity index (χ1v) is 12.4. The summed E-state index contributed by atoms with van der Waals surface area (Å²) in [5.74, 6) is -2.30. The third-order valence-corrected chi connectivity index (χ3v) is 7.93. The standard InChI is InChI=1S/C27H27FN4O6/c1-3-27(36)16-6-20-24-14(8-32(20)25(34)15(16)9-38-26(27)35)23-18(30-21(33)10-37-11-29)5-4-13-12(2)17(28)7-19(31-24)22(13)23/h6-7,18,36H,3-5,8-11,29H2,1-2H3,(H,30,33)/t18-,27-/m0/s1/i10D2. The van der Waals surface area contributed by atoms with Crippen molar-refractivity contribution in [2.45, 2.75) is 57.9 Å². The number of nitrogens with zero attached hydrogens (tertiary/aromatic N) is 2. The lowest BCUT2D eigenvalue weighted by molar-refractivity contribution is -0.172. The molecule has 4 N–H and O–H groups in total. The smallest absolute Gasteiger partial charge is 0.343 e. The van der Waals surface area contributed by atoms with Crippen molar-refractivity contribution in [3.05, 3.63) is 61.7 Å². The molecule has 2 atom stereocenters. The van der Waals surface area contributed by atoms with Gasteiger partial charge in [0.1, 0.15) is 19.0 Å². The zero-order valence-corrected chi connectivity index (χ0v) is 20.8. The monoisotopic (exact) mass is 524 g/mol. The Morgan fingerprint density at radius 1 is 1.39 bits per heavy atom. The van der Waals surface area contributed by atoms with E-state index >= 15 is 4.39 Å². The third kappa shape index (κ3) is 3.35. The van der Waals surface area contributed by atoms with Crippen molar-refractivity contribution >= 4 is 22.8 Å². The van der Waals surface area contributed by atoms with Gasteiger partial charge in [0.05, 0.1) is 44.5 Å². The molecule has 1 amide bonds. The van der Waals surface area contributed by atoms with Crippen LogP contribution in [0.25, 0.3) is 22.3 Å². The predicted octanol–water partition coefficient (Wildman–Crippen LogP) is 1.56. The Morgan fingerprint density at radius 2 is 2.18 bits per heavy atom. The number of carbonyl (C=O) groups is 2. The van der Waals surface area contributed by atoms with Crippen molar-refractivity contribution in [2.75, 3.05) is 13.3 Å². The van der Waals surface area contributed by atoms with Crippen LogP contribution in [0.4, 0.5) is 4.39 Å². The minimum absolute atomic E-state index is 0.0141. The van der Waals surface area contributed by atoms with Crippen molar-refractivity contribution in [1.29, 1.82) is 0 Å². The minimum atomic E-state index is -2.68. The topological polar surface area (TPSA) is 146 Å². The summed E-state index contributed by atoms with van der Waals surface area (Å²) in [6.45, 7) is -0.110. The Hall–Kier alpha value is -3.67. The number of pyridine rings is 2. The fourth-order valence-electron chi connectivity index (χ4n) is 5.99. The van der Waals surface area contributed by atoms with Gasteiger partial charge in [0.2, 0.25) is 5.91 Å². The van der Waals surface area contributed by atoms with Crippen molar-refractivity contribution in [1.82, 2.24) is 14.9 Å². The number of aliphatic hydroxyl groups is 1. The van der Waals surface area contributed by atoms with Gasteiger partial charge in [-0.25, -0.2) is 14.2 Å². The molecule has 2 aliphatic heterocycles. The summed E-state index contributed by atoms with van der Waals surface area (Å²) in [5.41, 5.74) is 6.59. The number of cyclic esters (lactones) is 1. The number of hydrogen-bond acceptors (Lipinski definition) is 8. The van der Waals surface area contributed by atoms with Crippen LogP contribution in [-0.4, -0.2) is 39.8 Å². The minimum Gasteiger partial charge on any atom is -0.458 e. The first-order valence-electron chi connectivity index (χ1n) is 13.4. The molecular weight excluding hydrogens is 495 g/mol. The van der Waals surface area contributed by atoms with E-state index in [1.807, 2.05) is 0 Å². The summed E-state index contributed by atoms with van der Waals surface area (Å²) in [6, 6.07) is 2.17. The number of nitrogens with two attached hydrogens (primary N) is 1. The van der Waals surface area contributed by atoms with Crippen LogP contribution in [0, 0.1) is 12.7 Å². The fourth-order valence-corrected chi connectivity index (χ4v) is 5.99.